The van der Waals surface area contributed by atoms with E-state index in [0.29, 0.717) is 18.1 Å². The maximum absolute atomic E-state index is 13.0. The monoisotopic (exact) mass is 568 g/mol. The first-order valence-electron chi connectivity index (χ1n) is 12.0. The highest BCUT2D eigenvalue weighted by Gasteiger charge is 2.58. The van der Waals surface area contributed by atoms with Crippen LogP contribution in [-0.2, 0) is 27.0 Å². The van der Waals surface area contributed by atoms with Crippen LogP contribution in [-0.4, -0.2) is 40.0 Å². The van der Waals surface area contributed by atoms with Crippen molar-refractivity contribution in [3.8, 4) is 0 Å². The van der Waals surface area contributed by atoms with Crippen molar-refractivity contribution >= 4 is 41.0 Å². The molecule has 1 aliphatic carbocycles. The van der Waals surface area contributed by atoms with Gasteiger partial charge < -0.3 is 20.8 Å². The van der Waals surface area contributed by atoms with Gasteiger partial charge in [-0.3, -0.25) is 14.4 Å². The molecule has 0 radical (unpaired) electrons. The van der Waals surface area contributed by atoms with Gasteiger partial charge in [-0.25, -0.2) is 4.79 Å². The summed E-state index contributed by atoms with van der Waals surface area (Å²) in [5.74, 6) is -4.39. The number of aliphatic carboxylic acids is 2. The normalized spacial score (nSPS) is 21.2. The highest BCUT2D eigenvalue weighted by Crippen LogP contribution is 2.56. The summed E-state index contributed by atoms with van der Waals surface area (Å²) in [6.45, 7) is 4.96. The standard InChI is InChI=1S/C27H28ClF3N2O6/c1-25(2)18(10-11-26(25,3)24(38)39)22(35)33-20(23(36)37)12-14-4-7-16(8-5-14)32-21(34)17-13-15(27(29,30)31)6-9-19(17)28/h4-9,13,18,20H,10-12H2,1-3H3,(H,32,34)(H,33,35)(H,36,37)(H,38,39)/t18-,20-,26+/m0/s1. The molecule has 8 nitrogen and oxygen atoms in total. The summed E-state index contributed by atoms with van der Waals surface area (Å²) in [6, 6.07) is 6.99. The summed E-state index contributed by atoms with van der Waals surface area (Å²) in [5.41, 5.74) is -2.70. The van der Waals surface area contributed by atoms with Gasteiger partial charge in [0.25, 0.3) is 5.91 Å². The molecule has 0 heterocycles. The number of carboxylic acids is 2. The third kappa shape index (κ3) is 6.19. The van der Waals surface area contributed by atoms with E-state index in [0.717, 1.165) is 12.1 Å². The summed E-state index contributed by atoms with van der Waals surface area (Å²) in [7, 11) is 0. The average molecular weight is 569 g/mol. The number of alkyl halides is 3. The van der Waals surface area contributed by atoms with Crippen LogP contribution in [0.4, 0.5) is 18.9 Å². The first kappa shape index (κ1) is 29.9. The average Bonchev–Trinajstić information content (AvgIpc) is 3.08. The SMILES string of the molecule is CC1(C)[C@H](C(=O)N[C@@H](Cc2ccc(NC(=O)c3cc(C(F)(F)F)ccc3Cl)cc2)C(=O)O)CC[C@]1(C)C(=O)O. The molecule has 3 rings (SSSR count). The Kier molecular flexibility index (Phi) is 8.35. The lowest BCUT2D eigenvalue weighted by molar-refractivity contribution is -0.155. The lowest BCUT2D eigenvalue weighted by atomic mass is 9.65. The highest BCUT2D eigenvalue weighted by atomic mass is 35.5. The van der Waals surface area contributed by atoms with Crippen LogP contribution in [0.3, 0.4) is 0 Å². The second-order valence-corrected chi connectivity index (χ2v) is 10.8. The van der Waals surface area contributed by atoms with Gasteiger partial charge in [-0.1, -0.05) is 37.6 Å². The van der Waals surface area contributed by atoms with Crippen molar-refractivity contribution in [2.75, 3.05) is 5.32 Å². The van der Waals surface area contributed by atoms with Crippen LogP contribution in [0.2, 0.25) is 5.02 Å². The zero-order valence-corrected chi connectivity index (χ0v) is 22.1. The molecule has 2 amide bonds. The molecule has 0 bridgehead atoms. The molecule has 210 valence electrons. The smallest absolute Gasteiger partial charge is 0.416 e. The molecule has 1 saturated carbocycles. The molecule has 0 saturated heterocycles. The number of carbonyl (C=O) groups is 4. The molecule has 0 aliphatic heterocycles. The summed E-state index contributed by atoms with van der Waals surface area (Å²) in [6.07, 6.45) is -4.17. The largest absolute Gasteiger partial charge is 0.481 e. The number of carboxylic acid groups (broad SMARTS) is 2. The highest BCUT2D eigenvalue weighted by molar-refractivity contribution is 6.34. The van der Waals surface area contributed by atoms with E-state index in [1.165, 1.54) is 24.3 Å². The Morgan fingerprint density at radius 3 is 2.18 bits per heavy atom. The van der Waals surface area contributed by atoms with Crippen LogP contribution in [0.5, 0.6) is 0 Å². The maximum atomic E-state index is 13.0. The van der Waals surface area contributed by atoms with Gasteiger partial charge in [-0.15, -0.1) is 0 Å². The van der Waals surface area contributed by atoms with Gasteiger partial charge in [-0.2, -0.15) is 13.2 Å². The topological polar surface area (TPSA) is 133 Å². The van der Waals surface area contributed by atoms with Crippen LogP contribution in [0, 0.1) is 16.7 Å². The second kappa shape index (κ2) is 10.9. The number of rotatable bonds is 8. The molecule has 0 unspecified atom stereocenters. The fraction of sp³-hybridized carbons (Fsp3) is 0.407. The van der Waals surface area contributed by atoms with E-state index in [1.54, 1.807) is 20.8 Å². The second-order valence-electron chi connectivity index (χ2n) is 10.4. The number of anilines is 1. The maximum Gasteiger partial charge on any atom is 0.416 e. The van der Waals surface area contributed by atoms with Crippen molar-refractivity contribution in [3.63, 3.8) is 0 Å². The van der Waals surface area contributed by atoms with Crippen molar-refractivity contribution in [2.45, 2.75) is 52.3 Å². The number of hydrogen-bond donors (Lipinski definition) is 4. The van der Waals surface area contributed by atoms with E-state index in [4.69, 9.17) is 11.6 Å². The van der Waals surface area contributed by atoms with Gasteiger partial charge in [0.2, 0.25) is 5.91 Å². The van der Waals surface area contributed by atoms with Crippen molar-refractivity contribution in [1.82, 2.24) is 5.32 Å². The Bertz CT molecular complexity index is 1300. The molecule has 4 N–H and O–H groups in total. The Hall–Kier alpha value is -3.60. The minimum absolute atomic E-state index is 0.0991. The van der Waals surface area contributed by atoms with Gasteiger partial charge in [0.05, 0.1) is 21.6 Å². The molecule has 1 aliphatic rings. The lowest BCUT2D eigenvalue weighted by Gasteiger charge is -2.38. The van der Waals surface area contributed by atoms with E-state index in [1.807, 2.05) is 0 Å². The minimum atomic E-state index is -4.65. The molecular formula is C27H28ClF3N2O6. The molecule has 39 heavy (non-hydrogen) atoms. The molecule has 2 aromatic rings. The van der Waals surface area contributed by atoms with Crippen molar-refractivity contribution in [1.29, 1.82) is 0 Å². The third-order valence-electron chi connectivity index (χ3n) is 7.82. The Balaban J connectivity index is 1.69. The van der Waals surface area contributed by atoms with Gasteiger partial charge in [-0.05, 0) is 61.1 Å². The number of amides is 2. The van der Waals surface area contributed by atoms with Crippen molar-refractivity contribution in [2.24, 2.45) is 16.7 Å². The fourth-order valence-corrected chi connectivity index (χ4v) is 5.05. The molecule has 2 aromatic carbocycles. The lowest BCUT2D eigenvalue weighted by Crippen LogP contribution is -2.49. The number of nitrogens with one attached hydrogen (secondary N) is 2. The number of hydrogen-bond acceptors (Lipinski definition) is 4. The van der Waals surface area contributed by atoms with Crippen molar-refractivity contribution in [3.05, 3.63) is 64.2 Å². The van der Waals surface area contributed by atoms with Crippen LogP contribution in [0.1, 0.15) is 55.1 Å². The number of halogens is 4. The Morgan fingerprint density at radius 2 is 1.67 bits per heavy atom. The van der Waals surface area contributed by atoms with E-state index >= 15 is 0 Å². The zero-order chi connectivity index (χ0) is 29.3. The first-order valence-corrected chi connectivity index (χ1v) is 12.4. The predicted octanol–water partition coefficient (Wildman–Crippen LogP) is 5.25. The summed E-state index contributed by atoms with van der Waals surface area (Å²) in [5, 5.41) is 24.2. The fourth-order valence-electron chi connectivity index (χ4n) is 4.85. The molecule has 3 atom stereocenters. The molecule has 12 heteroatoms. The predicted molar refractivity (Wildman–Crippen MR) is 136 cm³/mol. The first-order chi connectivity index (χ1) is 18.0. The van der Waals surface area contributed by atoms with E-state index in [-0.39, 0.29) is 29.1 Å². The van der Waals surface area contributed by atoms with E-state index in [2.05, 4.69) is 10.6 Å². The molecular weight excluding hydrogens is 541 g/mol. The zero-order valence-electron chi connectivity index (χ0n) is 21.4. The van der Waals surface area contributed by atoms with Crippen molar-refractivity contribution < 1.29 is 42.6 Å². The summed E-state index contributed by atoms with van der Waals surface area (Å²) in [4.78, 5) is 49.2. The van der Waals surface area contributed by atoms with Gasteiger partial charge >= 0.3 is 18.1 Å². The van der Waals surface area contributed by atoms with E-state index < -0.39 is 58.3 Å². The quantitative estimate of drug-likeness (QED) is 0.344. The molecule has 1 fully saturated rings. The number of benzene rings is 2. The Labute approximate surface area is 227 Å². The minimum Gasteiger partial charge on any atom is -0.481 e. The molecule has 0 aromatic heterocycles. The summed E-state index contributed by atoms with van der Waals surface area (Å²) >= 11 is 5.91. The number of carbonyl (C=O) groups excluding carboxylic acids is 2. The van der Waals surface area contributed by atoms with Crippen LogP contribution >= 0.6 is 11.6 Å². The van der Waals surface area contributed by atoms with Gasteiger partial charge in [0, 0.05) is 18.0 Å². The van der Waals surface area contributed by atoms with Crippen LogP contribution in [0.25, 0.3) is 0 Å². The van der Waals surface area contributed by atoms with Crippen LogP contribution < -0.4 is 10.6 Å². The summed E-state index contributed by atoms with van der Waals surface area (Å²) < 4.78 is 39.0. The van der Waals surface area contributed by atoms with E-state index in [9.17, 15) is 42.6 Å². The Morgan fingerprint density at radius 1 is 1.05 bits per heavy atom. The third-order valence-corrected chi connectivity index (χ3v) is 8.15. The van der Waals surface area contributed by atoms with Gasteiger partial charge in [0.15, 0.2) is 0 Å². The van der Waals surface area contributed by atoms with Crippen LogP contribution in [0.15, 0.2) is 42.5 Å². The molecule has 0 spiro atoms. The van der Waals surface area contributed by atoms with Gasteiger partial charge in [0.1, 0.15) is 6.04 Å².